The van der Waals surface area contributed by atoms with Crippen LogP contribution in [0, 0.1) is 0 Å². The molecule has 1 aromatic heterocycles. The lowest BCUT2D eigenvalue weighted by atomic mass is 10.4. The van der Waals surface area contributed by atoms with Gasteiger partial charge in [0, 0.05) is 0 Å². The zero-order valence-corrected chi connectivity index (χ0v) is 7.53. The van der Waals surface area contributed by atoms with Crippen LogP contribution in [0.2, 0.25) is 0 Å². The smallest absolute Gasteiger partial charge is 0.241 e. The lowest BCUT2D eigenvalue weighted by Crippen LogP contribution is -3.00. The van der Waals surface area contributed by atoms with Crippen molar-refractivity contribution in [1.29, 1.82) is 0 Å². The predicted molar refractivity (Wildman–Crippen MR) is 34.1 cm³/mol. The molecule has 1 aromatic rings. The SMILES string of the molecule is OCC(O)C[n+]1cc[nH]c1.[Br-]. The molecule has 0 aliphatic carbocycles. The first-order valence-electron chi connectivity index (χ1n) is 3.13. The number of hydrogen-bond donors (Lipinski definition) is 3. The molecular weight excluding hydrogens is 212 g/mol. The summed E-state index contributed by atoms with van der Waals surface area (Å²) in [7, 11) is 0. The van der Waals surface area contributed by atoms with E-state index in [9.17, 15) is 0 Å². The summed E-state index contributed by atoms with van der Waals surface area (Å²) in [4.78, 5) is 2.83. The van der Waals surface area contributed by atoms with Crippen molar-refractivity contribution in [3.8, 4) is 0 Å². The third-order valence-electron chi connectivity index (χ3n) is 1.23. The zero-order chi connectivity index (χ0) is 7.40. The van der Waals surface area contributed by atoms with E-state index in [4.69, 9.17) is 10.2 Å². The van der Waals surface area contributed by atoms with E-state index in [1.807, 2.05) is 0 Å². The molecule has 1 heterocycles. The normalized spacial score (nSPS) is 12.2. The number of aliphatic hydroxyl groups is 2. The van der Waals surface area contributed by atoms with Crippen molar-refractivity contribution >= 4 is 0 Å². The highest BCUT2D eigenvalue weighted by atomic mass is 79.9. The summed E-state index contributed by atoms with van der Waals surface area (Å²) >= 11 is 0. The van der Waals surface area contributed by atoms with E-state index >= 15 is 0 Å². The molecular formula is C6H11BrN2O2. The standard InChI is InChI=1S/C6H10N2O2.BrH/c9-4-6(10)3-8-2-1-7-5-8;/h1-2,5-6,9-10H,3-4H2;1H. The summed E-state index contributed by atoms with van der Waals surface area (Å²) < 4.78 is 1.76. The second kappa shape index (κ2) is 5.29. The van der Waals surface area contributed by atoms with Gasteiger partial charge in [0.2, 0.25) is 6.33 Å². The number of imidazole rings is 1. The van der Waals surface area contributed by atoms with Crippen molar-refractivity contribution in [3.05, 3.63) is 18.7 Å². The number of aromatic amines is 1. The molecule has 1 unspecified atom stereocenters. The van der Waals surface area contributed by atoms with Gasteiger partial charge in [0.25, 0.3) is 0 Å². The van der Waals surface area contributed by atoms with E-state index in [1.165, 1.54) is 0 Å². The van der Waals surface area contributed by atoms with Crippen LogP contribution in [0.1, 0.15) is 0 Å². The van der Waals surface area contributed by atoms with Gasteiger partial charge < -0.3 is 27.2 Å². The number of rotatable bonds is 3. The van der Waals surface area contributed by atoms with Crippen LogP contribution in [0.25, 0.3) is 0 Å². The molecule has 0 radical (unpaired) electrons. The first-order valence-corrected chi connectivity index (χ1v) is 3.13. The Bertz CT molecular complexity index is 179. The Balaban J connectivity index is 0.000001000. The van der Waals surface area contributed by atoms with Crippen LogP contribution < -0.4 is 21.5 Å². The highest BCUT2D eigenvalue weighted by molar-refractivity contribution is 4.56. The molecule has 4 nitrogen and oxygen atoms in total. The highest BCUT2D eigenvalue weighted by Gasteiger charge is 2.05. The lowest BCUT2D eigenvalue weighted by molar-refractivity contribution is -0.702. The van der Waals surface area contributed by atoms with Gasteiger partial charge in [-0.3, -0.25) is 4.98 Å². The summed E-state index contributed by atoms with van der Waals surface area (Å²) in [6, 6.07) is 0. The fourth-order valence-electron chi connectivity index (χ4n) is 0.735. The predicted octanol–water partition coefficient (Wildman–Crippen LogP) is -4.34. The first kappa shape index (κ1) is 10.6. The zero-order valence-electron chi connectivity index (χ0n) is 5.94. The number of H-pyrrole nitrogens is 1. The Kier molecular flexibility index (Phi) is 5.10. The molecule has 0 aliphatic rings. The lowest BCUT2D eigenvalue weighted by Gasteiger charge is -2.01. The second-order valence-electron chi connectivity index (χ2n) is 2.14. The Morgan fingerprint density at radius 1 is 1.55 bits per heavy atom. The molecule has 0 saturated heterocycles. The van der Waals surface area contributed by atoms with Crippen LogP contribution >= 0.6 is 0 Å². The first-order chi connectivity index (χ1) is 4.83. The van der Waals surface area contributed by atoms with E-state index in [0.717, 1.165) is 0 Å². The van der Waals surface area contributed by atoms with Gasteiger partial charge in [-0.15, -0.1) is 0 Å². The van der Waals surface area contributed by atoms with E-state index in [0.29, 0.717) is 6.54 Å². The van der Waals surface area contributed by atoms with E-state index in [1.54, 1.807) is 23.3 Å². The molecule has 5 heteroatoms. The van der Waals surface area contributed by atoms with Gasteiger partial charge in [-0.2, -0.15) is 0 Å². The minimum Gasteiger partial charge on any atom is -1.00 e. The number of halogens is 1. The number of aliphatic hydroxyl groups excluding tert-OH is 2. The maximum absolute atomic E-state index is 8.94. The molecule has 11 heavy (non-hydrogen) atoms. The molecule has 0 aromatic carbocycles. The Morgan fingerprint density at radius 2 is 2.27 bits per heavy atom. The molecule has 3 N–H and O–H groups in total. The van der Waals surface area contributed by atoms with E-state index in [-0.39, 0.29) is 23.6 Å². The molecule has 0 spiro atoms. The average molecular weight is 223 g/mol. The monoisotopic (exact) mass is 222 g/mol. The van der Waals surface area contributed by atoms with Crippen LogP contribution in [0.15, 0.2) is 18.7 Å². The van der Waals surface area contributed by atoms with Gasteiger partial charge in [-0.25, -0.2) is 4.57 Å². The molecule has 0 saturated carbocycles. The third kappa shape index (κ3) is 3.50. The van der Waals surface area contributed by atoms with Gasteiger partial charge in [-0.05, 0) is 0 Å². The van der Waals surface area contributed by atoms with Crippen molar-refractivity contribution in [2.45, 2.75) is 12.6 Å². The number of nitrogens with zero attached hydrogens (tertiary/aromatic N) is 1. The van der Waals surface area contributed by atoms with Crippen LogP contribution in [0.3, 0.4) is 0 Å². The largest absolute Gasteiger partial charge is 1.00 e. The maximum atomic E-state index is 8.94. The fourth-order valence-corrected chi connectivity index (χ4v) is 0.735. The van der Waals surface area contributed by atoms with Gasteiger partial charge >= 0.3 is 0 Å². The molecule has 1 rings (SSSR count). The molecule has 0 aliphatic heterocycles. The number of nitrogens with one attached hydrogen (secondary N) is 1. The van der Waals surface area contributed by atoms with Crippen molar-refractivity contribution in [3.63, 3.8) is 0 Å². The van der Waals surface area contributed by atoms with Gasteiger partial charge in [0.05, 0.1) is 6.61 Å². The molecule has 0 amide bonds. The Hall–Kier alpha value is -0.390. The molecule has 0 fully saturated rings. The van der Waals surface area contributed by atoms with Crippen molar-refractivity contribution in [2.75, 3.05) is 6.61 Å². The van der Waals surface area contributed by atoms with Crippen LogP contribution in [0.5, 0.6) is 0 Å². The third-order valence-corrected chi connectivity index (χ3v) is 1.23. The summed E-state index contributed by atoms with van der Waals surface area (Å²) in [6.07, 6.45) is 4.60. The van der Waals surface area contributed by atoms with Crippen LogP contribution in [-0.4, -0.2) is 27.9 Å². The quantitative estimate of drug-likeness (QED) is 0.454. The van der Waals surface area contributed by atoms with Crippen molar-refractivity contribution in [2.24, 2.45) is 0 Å². The van der Waals surface area contributed by atoms with Crippen molar-refractivity contribution < 1.29 is 31.8 Å². The molecule has 0 bridgehead atoms. The van der Waals surface area contributed by atoms with Gasteiger partial charge in [-0.1, -0.05) is 0 Å². The summed E-state index contributed by atoms with van der Waals surface area (Å²) in [6.45, 7) is 0.234. The summed E-state index contributed by atoms with van der Waals surface area (Å²) in [5, 5.41) is 17.4. The Labute approximate surface area is 75.3 Å². The molecule has 1 atom stereocenters. The van der Waals surface area contributed by atoms with Crippen LogP contribution in [-0.2, 0) is 6.54 Å². The molecule has 64 valence electrons. The second-order valence-corrected chi connectivity index (χ2v) is 2.14. The topological polar surface area (TPSA) is 60.1 Å². The van der Waals surface area contributed by atoms with Gasteiger partial charge in [0.1, 0.15) is 25.0 Å². The minimum atomic E-state index is -0.666. The Morgan fingerprint density at radius 3 is 2.73 bits per heavy atom. The fraction of sp³-hybridized carbons (Fsp3) is 0.500. The number of aromatic nitrogens is 2. The summed E-state index contributed by atoms with van der Waals surface area (Å²) in [5.41, 5.74) is 0. The summed E-state index contributed by atoms with van der Waals surface area (Å²) in [5.74, 6) is 0. The van der Waals surface area contributed by atoms with Crippen molar-refractivity contribution in [1.82, 2.24) is 4.98 Å². The number of hydrogen-bond acceptors (Lipinski definition) is 2. The highest BCUT2D eigenvalue weighted by Crippen LogP contribution is 1.79. The van der Waals surface area contributed by atoms with E-state index < -0.39 is 6.10 Å². The maximum Gasteiger partial charge on any atom is 0.241 e. The van der Waals surface area contributed by atoms with Gasteiger partial charge in [0.15, 0.2) is 0 Å². The van der Waals surface area contributed by atoms with Crippen LogP contribution in [0.4, 0.5) is 0 Å². The minimum absolute atomic E-state index is 0. The average Bonchev–Trinajstić information content (AvgIpc) is 2.40. The van der Waals surface area contributed by atoms with E-state index in [2.05, 4.69) is 4.98 Å².